The van der Waals surface area contributed by atoms with Crippen LogP contribution >= 0.6 is 0 Å². The van der Waals surface area contributed by atoms with Crippen molar-refractivity contribution >= 4 is 84.1 Å². The number of fused-ring (bicyclic) bond motifs is 2. The summed E-state index contributed by atoms with van der Waals surface area (Å²) in [5.41, 5.74) is -1.82. The number of aliphatic carboxylic acids is 1. The largest absolute Gasteiger partial charge is 0.481 e. The number of hydrogen-bond acceptors (Lipinski definition) is 28. The van der Waals surface area contributed by atoms with Crippen LogP contribution in [0, 0.1) is 53.3 Å². The zero-order chi connectivity index (χ0) is 73.1. The van der Waals surface area contributed by atoms with E-state index in [1.54, 1.807) is 62.3 Å². The summed E-state index contributed by atoms with van der Waals surface area (Å²) in [6, 6.07) is 0. The molecule has 0 spiro atoms. The van der Waals surface area contributed by atoms with Crippen LogP contribution in [0.4, 0.5) is 0 Å². The van der Waals surface area contributed by atoms with Crippen LogP contribution in [0.25, 0.3) is 0 Å². The van der Waals surface area contributed by atoms with Crippen molar-refractivity contribution in [2.24, 2.45) is 53.3 Å². The van der Waals surface area contributed by atoms with Crippen molar-refractivity contribution in [3.8, 4) is 0 Å². The molecule has 11 fully saturated rings. The molecule has 1 N–H and O–H groups in total. The Hall–Kier alpha value is -8.77. The molecule has 4 saturated heterocycles. The van der Waals surface area contributed by atoms with E-state index in [1.165, 1.54) is 20.8 Å². The predicted molar refractivity (Wildman–Crippen MR) is 317 cm³/mol. The second kappa shape index (κ2) is 32.3. The first-order chi connectivity index (χ1) is 44.5. The number of carbonyl (C=O) groups excluding carboxylic acids is 16. The molecule has 0 aromatic carbocycles. The smallest absolute Gasteiger partial charge is 0.373 e. The molecular formula is C67H86O29. The van der Waals surface area contributed by atoms with Crippen molar-refractivity contribution in [1.29, 1.82) is 0 Å². The minimum atomic E-state index is -1.21. The van der Waals surface area contributed by atoms with E-state index >= 15 is 0 Å². The third-order valence-corrected chi connectivity index (χ3v) is 19.1. The molecule has 14 unspecified atom stereocenters. The van der Waals surface area contributed by atoms with Crippen LogP contribution in [-0.2, 0) is 134 Å². The zero-order valence-corrected chi connectivity index (χ0v) is 56.2. The van der Waals surface area contributed by atoms with Crippen LogP contribution in [0.3, 0.4) is 0 Å². The van der Waals surface area contributed by atoms with E-state index in [2.05, 4.69) is 33.2 Å². The first-order valence-electron chi connectivity index (χ1n) is 31.0. The predicted octanol–water partition coefficient (Wildman–Crippen LogP) is 5.46. The number of ether oxygens (including phenoxy) is 11. The van der Waals surface area contributed by atoms with Crippen LogP contribution in [0.15, 0.2) is 48.6 Å². The fraction of sp³-hybridized carbons (Fsp3) is 0.672. The SMILES string of the molecule is C=C(C)C(=O)OC12CC3CC(C1)C(C)(OC(C)=O)C(C3)C2.C=C(C)C(=O)OC1C2CC3C1OC(=O)C3C2C(C)(C)OC(C)=O.C=C(C)C(=O)OC1C2OC(=O)C3C2OC1C3C(C)(C)OC(C)=O.C=C(C)C(=O)OC1CCC(C)(OC(=O)CC(=O)O)CC1.O=C=O.O=C=O.O=C=O. The van der Waals surface area contributed by atoms with E-state index in [9.17, 15) is 52.7 Å². The summed E-state index contributed by atoms with van der Waals surface area (Å²) in [4.78, 5) is 176. The summed E-state index contributed by atoms with van der Waals surface area (Å²) in [7, 11) is 0. The van der Waals surface area contributed by atoms with Gasteiger partial charge in [0.15, 0.2) is 12.2 Å². The monoisotopic (exact) mass is 1350 g/mol. The van der Waals surface area contributed by atoms with Gasteiger partial charge in [0.1, 0.15) is 64.9 Å². The highest BCUT2D eigenvalue weighted by Crippen LogP contribution is 2.64. The minimum Gasteiger partial charge on any atom is -0.481 e. The Morgan fingerprint density at radius 3 is 1.42 bits per heavy atom. The van der Waals surface area contributed by atoms with Crippen molar-refractivity contribution in [2.45, 2.75) is 231 Å². The van der Waals surface area contributed by atoms with Crippen LogP contribution in [-0.4, -0.2) is 160 Å². The molecule has 7 saturated carbocycles. The highest BCUT2D eigenvalue weighted by Gasteiger charge is 2.74. The van der Waals surface area contributed by atoms with Gasteiger partial charge in [-0.15, -0.1) is 0 Å². The minimum absolute atomic E-state index is 0.0234. The maximum absolute atomic E-state index is 12.3. The topological polar surface area (TPSA) is 412 Å². The summed E-state index contributed by atoms with van der Waals surface area (Å²) in [5, 5.41) is 8.52. The van der Waals surface area contributed by atoms with E-state index in [-0.39, 0.29) is 89.0 Å². The summed E-state index contributed by atoms with van der Waals surface area (Å²) in [6.07, 6.45) is 4.37. The van der Waals surface area contributed by atoms with Crippen molar-refractivity contribution in [3.63, 3.8) is 0 Å². The van der Waals surface area contributed by atoms with Crippen molar-refractivity contribution in [1.82, 2.24) is 0 Å². The van der Waals surface area contributed by atoms with Crippen molar-refractivity contribution in [3.05, 3.63) is 48.6 Å². The standard InChI is InChI=1S/C17H22O6.C17H24O4.C16H20O7.C14H20O6.3CO2/c1-7(2)15(19)21-14-10-6-9-11(16(20)22-13(9)14)12(10)17(4,5)23-8(3)18;1-10(2)15(19)21-17-7-12-5-13(8-17)16(4,20-11(3)18)14(6-12)9-17;1-6(2)14(18)21-13-11-9(16(4,5)23-7(3)17)8-10(20-11)12(13)22-15(8)19;1-9(2)13(18)19-10-4-6-14(3,7-5-10)20-12(17)8-11(15)16;3*2-1-3/h9-14H,1,6H2,2-5H3;12-14H,1,5-9H2,2-4H3;8-13H,1H2,2-5H3;10H,1,4-8H2,2-3H3,(H,15,16);;;. The van der Waals surface area contributed by atoms with Crippen LogP contribution in [0.1, 0.15) is 161 Å². The highest BCUT2D eigenvalue weighted by atomic mass is 16.7. The summed E-state index contributed by atoms with van der Waals surface area (Å²) in [5.74, 6) is -5.73. The lowest BCUT2D eigenvalue weighted by atomic mass is 9.48. The molecule has 528 valence electrons. The van der Waals surface area contributed by atoms with Gasteiger partial charge in [-0.3, -0.25) is 33.6 Å². The molecule has 96 heavy (non-hydrogen) atoms. The normalized spacial score (nSPS) is 33.1. The third-order valence-electron chi connectivity index (χ3n) is 19.1. The first kappa shape index (κ1) is 79.7. The third kappa shape index (κ3) is 18.8. The van der Waals surface area contributed by atoms with E-state index in [4.69, 9.17) is 86.0 Å². The maximum Gasteiger partial charge on any atom is 0.373 e. The molecule has 8 bridgehead atoms. The summed E-state index contributed by atoms with van der Waals surface area (Å²) >= 11 is 0. The van der Waals surface area contributed by atoms with Gasteiger partial charge in [0.05, 0.1) is 11.8 Å². The van der Waals surface area contributed by atoms with Gasteiger partial charge in [-0.05, 0) is 139 Å². The lowest BCUT2D eigenvalue weighted by Gasteiger charge is -2.62. The van der Waals surface area contributed by atoms with Gasteiger partial charge >= 0.3 is 84.1 Å². The Kier molecular flexibility index (Phi) is 26.8. The molecule has 0 radical (unpaired) electrons. The first-order valence-corrected chi connectivity index (χ1v) is 31.0. The molecule has 4 heterocycles. The lowest BCUT2D eigenvalue weighted by molar-refractivity contribution is -0.242. The summed E-state index contributed by atoms with van der Waals surface area (Å²) < 4.78 is 60.5. The van der Waals surface area contributed by atoms with Crippen LogP contribution in [0.2, 0.25) is 0 Å². The maximum atomic E-state index is 12.3. The number of hydrogen-bond donors (Lipinski definition) is 1. The van der Waals surface area contributed by atoms with E-state index < -0.39 is 113 Å². The van der Waals surface area contributed by atoms with Gasteiger partial charge in [-0.25, -0.2) is 19.2 Å². The molecule has 29 nitrogen and oxygen atoms in total. The molecule has 4 aliphatic heterocycles. The second-order valence-corrected chi connectivity index (χ2v) is 27.3. The second-order valence-electron chi connectivity index (χ2n) is 27.3. The van der Waals surface area contributed by atoms with Gasteiger partial charge < -0.3 is 57.2 Å². The number of rotatable bonds is 16. The lowest BCUT2D eigenvalue weighted by Crippen LogP contribution is -2.64. The van der Waals surface area contributed by atoms with E-state index in [0.29, 0.717) is 60.2 Å². The number of carboxylic acids is 1. The Morgan fingerprint density at radius 1 is 0.531 bits per heavy atom. The van der Waals surface area contributed by atoms with Crippen molar-refractivity contribution < 1.29 is 139 Å². The quantitative estimate of drug-likeness (QED) is 0.0867. The van der Waals surface area contributed by atoms with Gasteiger partial charge in [0.2, 0.25) is 0 Å². The molecule has 11 aliphatic rings. The molecular weight excluding hydrogens is 1270 g/mol. The van der Waals surface area contributed by atoms with Gasteiger partial charge in [-0.1, -0.05) is 26.3 Å². The van der Waals surface area contributed by atoms with Gasteiger partial charge in [-0.2, -0.15) is 28.8 Å². The van der Waals surface area contributed by atoms with Crippen LogP contribution in [0.5, 0.6) is 0 Å². The zero-order valence-electron chi connectivity index (χ0n) is 56.2. The summed E-state index contributed by atoms with van der Waals surface area (Å²) in [6.45, 7) is 35.8. The molecule has 29 heteroatoms. The molecule has 0 aromatic rings. The number of carboxylic acid groups (broad SMARTS) is 1. The Balaban J connectivity index is 0.000000261. The Morgan fingerprint density at radius 2 is 0.969 bits per heavy atom. The molecule has 14 atom stereocenters. The fourth-order valence-electron chi connectivity index (χ4n) is 15.8. The average Bonchev–Trinajstić information content (AvgIpc) is 1.36. The molecule has 0 amide bonds. The highest BCUT2D eigenvalue weighted by molar-refractivity contribution is 5.91. The fourth-order valence-corrected chi connectivity index (χ4v) is 15.8. The van der Waals surface area contributed by atoms with Gasteiger partial charge in [0, 0.05) is 78.6 Å². The molecule has 0 aromatic heterocycles. The van der Waals surface area contributed by atoms with E-state index in [1.807, 2.05) is 0 Å². The van der Waals surface area contributed by atoms with Gasteiger partial charge in [0.25, 0.3) is 0 Å². The average molecular weight is 1360 g/mol. The Bertz CT molecular complexity index is 3030. The van der Waals surface area contributed by atoms with Crippen molar-refractivity contribution in [2.75, 3.05) is 0 Å². The Labute approximate surface area is 554 Å². The van der Waals surface area contributed by atoms with Crippen LogP contribution < -0.4 is 0 Å². The number of esters is 10. The van der Waals surface area contributed by atoms with E-state index in [0.717, 1.165) is 38.5 Å². The molecule has 11 rings (SSSR count). The molecule has 7 aliphatic carbocycles. The number of carbonyl (C=O) groups is 11.